The Labute approximate surface area is 90.0 Å². The van der Waals surface area contributed by atoms with E-state index in [4.69, 9.17) is 5.73 Å². The van der Waals surface area contributed by atoms with Crippen molar-refractivity contribution in [3.05, 3.63) is 35.4 Å². The summed E-state index contributed by atoms with van der Waals surface area (Å²) in [4.78, 5) is 10.9. The quantitative estimate of drug-likeness (QED) is 0.862. The Balaban J connectivity index is 2.64. The summed E-state index contributed by atoms with van der Waals surface area (Å²) in [5.41, 5.74) is 5.57. The van der Waals surface area contributed by atoms with Gasteiger partial charge in [-0.3, -0.25) is 4.79 Å². The van der Waals surface area contributed by atoms with Crippen LogP contribution in [0, 0.1) is 0 Å². The average Bonchev–Trinajstić information content (AvgIpc) is 2.16. The van der Waals surface area contributed by atoms with E-state index in [1.807, 2.05) is 0 Å². The van der Waals surface area contributed by atoms with Crippen LogP contribution in [-0.2, 0) is 11.3 Å². The molecule has 6 heteroatoms. The molecule has 1 aromatic carbocycles. The molecule has 0 spiro atoms. The van der Waals surface area contributed by atoms with Crippen molar-refractivity contribution >= 4 is 5.91 Å². The van der Waals surface area contributed by atoms with Crippen LogP contribution in [-0.4, -0.2) is 18.7 Å². The molecule has 0 aliphatic heterocycles. The summed E-state index contributed by atoms with van der Waals surface area (Å²) in [7, 11) is 0. The second kappa shape index (κ2) is 4.98. The van der Waals surface area contributed by atoms with Crippen molar-refractivity contribution in [1.82, 2.24) is 0 Å². The van der Waals surface area contributed by atoms with E-state index in [0.717, 1.165) is 0 Å². The van der Waals surface area contributed by atoms with Gasteiger partial charge in [0.25, 0.3) is 0 Å². The Hall–Kier alpha value is -1.56. The fraction of sp³-hybridized carbons (Fsp3) is 0.300. The Morgan fingerprint density at radius 3 is 2.50 bits per heavy atom. The molecule has 3 nitrogen and oxygen atoms in total. The Kier molecular flexibility index (Phi) is 3.89. The molecule has 0 fully saturated rings. The molecule has 0 saturated carbocycles. The van der Waals surface area contributed by atoms with Gasteiger partial charge < -0.3 is 10.5 Å². The molecule has 16 heavy (non-hydrogen) atoms. The lowest BCUT2D eigenvalue weighted by Gasteiger charge is -2.09. The zero-order valence-electron chi connectivity index (χ0n) is 8.25. The highest BCUT2D eigenvalue weighted by Gasteiger charge is 2.27. The van der Waals surface area contributed by atoms with Crippen LogP contribution in [0.4, 0.5) is 13.2 Å². The van der Waals surface area contributed by atoms with Gasteiger partial charge in [0.15, 0.2) is 0 Å². The van der Waals surface area contributed by atoms with Gasteiger partial charge in [0, 0.05) is 5.56 Å². The number of hydrogen-bond donors (Lipinski definition) is 1. The normalized spacial score (nSPS) is 11.4. The average molecular weight is 233 g/mol. The molecular weight excluding hydrogens is 223 g/mol. The minimum atomic E-state index is -4.37. The van der Waals surface area contributed by atoms with E-state index in [1.54, 1.807) is 12.1 Å². The Morgan fingerprint density at radius 1 is 1.31 bits per heavy atom. The molecule has 1 amide bonds. The molecule has 88 valence electrons. The zero-order chi connectivity index (χ0) is 12.2. The van der Waals surface area contributed by atoms with Gasteiger partial charge in [0.05, 0.1) is 6.61 Å². The van der Waals surface area contributed by atoms with Crippen molar-refractivity contribution in [3.63, 3.8) is 0 Å². The van der Waals surface area contributed by atoms with Crippen LogP contribution >= 0.6 is 0 Å². The number of ether oxygens (including phenoxy) is 1. The Bertz CT molecular complexity index is 377. The van der Waals surface area contributed by atoms with Gasteiger partial charge >= 0.3 is 6.18 Å². The van der Waals surface area contributed by atoms with Crippen LogP contribution in [0.3, 0.4) is 0 Å². The topological polar surface area (TPSA) is 52.3 Å². The predicted molar refractivity (Wildman–Crippen MR) is 50.7 cm³/mol. The molecule has 0 radical (unpaired) electrons. The number of primary amides is 1. The number of amides is 1. The Morgan fingerprint density at radius 2 is 1.94 bits per heavy atom. The summed E-state index contributed by atoms with van der Waals surface area (Å²) in [5.74, 6) is -0.689. The van der Waals surface area contributed by atoms with E-state index in [9.17, 15) is 18.0 Å². The van der Waals surface area contributed by atoms with Crippen molar-refractivity contribution in [1.29, 1.82) is 0 Å². The number of carbonyl (C=O) groups excluding carboxylic acids is 1. The van der Waals surface area contributed by atoms with Crippen molar-refractivity contribution in [2.45, 2.75) is 12.8 Å². The third-order valence-corrected chi connectivity index (χ3v) is 1.81. The molecular formula is C10H10F3NO2. The number of benzene rings is 1. The molecule has 2 N–H and O–H groups in total. The fourth-order valence-corrected chi connectivity index (χ4v) is 1.16. The van der Waals surface area contributed by atoms with Crippen molar-refractivity contribution in [2.75, 3.05) is 6.61 Å². The van der Waals surface area contributed by atoms with E-state index in [1.165, 1.54) is 12.1 Å². The van der Waals surface area contributed by atoms with Gasteiger partial charge in [-0.2, -0.15) is 13.2 Å². The van der Waals surface area contributed by atoms with Gasteiger partial charge in [0.2, 0.25) is 5.91 Å². The lowest BCUT2D eigenvalue weighted by Crippen LogP contribution is -2.18. The molecule has 1 aromatic rings. The highest BCUT2D eigenvalue weighted by Crippen LogP contribution is 2.16. The molecule has 0 bridgehead atoms. The number of rotatable bonds is 4. The summed E-state index contributed by atoms with van der Waals surface area (Å²) in [6.07, 6.45) is -4.37. The van der Waals surface area contributed by atoms with Crippen LogP contribution in [0.25, 0.3) is 0 Å². The van der Waals surface area contributed by atoms with Crippen LogP contribution < -0.4 is 5.73 Å². The maximum absolute atomic E-state index is 11.8. The molecule has 1 rings (SSSR count). The summed E-state index contributed by atoms with van der Waals surface area (Å²) >= 11 is 0. The lowest BCUT2D eigenvalue weighted by atomic mass is 10.1. The molecule has 0 saturated heterocycles. The standard InChI is InChI=1S/C10H10F3NO2/c11-10(12,13)6-16-5-7-3-1-2-4-8(7)9(14)15/h1-4H,5-6H2,(H2,14,15). The first-order valence-electron chi connectivity index (χ1n) is 4.42. The van der Waals surface area contributed by atoms with Crippen molar-refractivity contribution in [2.24, 2.45) is 5.73 Å². The first kappa shape index (κ1) is 12.5. The van der Waals surface area contributed by atoms with Crippen LogP contribution in [0.2, 0.25) is 0 Å². The fourth-order valence-electron chi connectivity index (χ4n) is 1.16. The van der Waals surface area contributed by atoms with Crippen molar-refractivity contribution < 1.29 is 22.7 Å². The minimum Gasteiger partial charge on any atom is -0.367 e. The summed E-state index contributed by atoms with van der Waals surface area (Å²) in [6, 6.07) is 6.11. The van der Waals surface area contributed by atoms with Gasteiger partial charge in [-0.25, -0.2) is 0 Å². The minimum absolute atomic E-state index is 0.171. The molecule has 0 aliphatic rings. The number of halogens is 3. The largest absolute Gasteiger partial charge is 0.411 e. The van der Waals surface area contributed by atoms with E-state index < -0.39 is 18.7 Å². The first-order valence-corrected chi connectivity index (χ1v) is 4.42. The third-order valence-electron chi connectivity index (χ3n) is 1.81. The highest BCUT2D eigenvalue weighted by atomic mass is 19.4. The number of hydrogen-bond acceptors (Lipinski definition) is 2. The predicted octanol–water partition coefficient (Wildman–Crippen LogP) is 1.86. The van der Waals surface area contributed by atoms with E-state index >= 15 is 0 Å². The maximum Gasteiger partial charge on any atom is 0.411 e. The van der Waals surface area contributed by atoms with Crippen LogP contribution in [0.15, 0.2) is 24.3 Å². The monoisotopic (exact) mass is 233 g/mol. The zero-order valence-corrected chi connectivity index (χ0v) is 8.25. The van der Waals surface area contributed by atoms with Crippen molar-refractivity contribution in [3.8, 4) is 0 Å². The summed E-state index contributed by atoms with van der Waals surface area (Å²) < 4.78 is 39.8. The van der Waals surface area contributed by atoms with Gasteiger partial charge in [-0.05, 0) is 11.6 Å². The van der Waals surface area contributed by atoms with E-state index in [0.29, 0.717) is 5.56 Å². The van der Waals surface area contributed by atoms with Gasteiger partial charge in [-0.1, -0.05) is 18.2 Å². The van der Waals surface area contributed by atoms with Gasteiger partial charge in [-0.15, -0.1) is 0 Å². The second-order valence-corrected chi connectivity index (χ2v) is 3.13. The number of alkyl halides is 3. The molecule has 0 heterocycles. The molecule has 0 aromatic heterocycles. The summed E-state index contributed by atoms with van der Waals surface area (Å²) in [6.45, 7) is -1.64. The third kappa shape index (κ3) is 3.90. The first-order chi connectivity index (χ1) is 7.40. The SMILES string of the molecule is NC(=O)c1ccccc1COCC(F)(F)F. The molecule has 0 unspecified atom stereocenters. The maximum atomic E-state index is 11.8. The van der Waals surface area contributed by atoms with E-state index in [-0.39, 0.29) is 12.2 Å². The van der Waals surface area contributed by atoms with Crippen LogP contribution in [0.1, 0.15) is 15.9 Å². The van der Waals surface area contributed by atoms with Gasteiger partial charge in [0.1, 0.15) is 6.61 Å². The molecule has 0 atom stereocenters. The smallest absolute Gasteiger partial charge is 0.367 e. The number of nitrogens with two attached hydrogens (primary N) is 1. The second-order valence-electron chi connectivity index (χ2n) is 3.13. The summed E-state index contributed by atoms with van der Waals surface area (Å²) in [5, 5.41) is 0. The van der Waals surface area contributed by atoms with Crippen LogP contribution in [0.5, 0.6) is 0 Å². The molecule has 0 aliphatic carbocycles. The highest BCUT2D eigenvalue weighted by molar-refractivity contribution is 5.94. The van der Waals surface area contributed by atoms with E-state index in [2.05, 4.69) is 4.74 Å². The lowest BCUT2D eigenvalue weighted by molar-refractivity contribution is -0.176. The number of carbonyl (C=O) groups is 1.